The van der Waals surface area contributed by atoms with Crippen molar-refractivity contribution in [2.75, 3.05) is 19.7 Å². The highest BCUT2D eigenvalue weighted by Crippen LogP contribution is 2.29. The van der Waals surface area contributed by atoms with Gasteiger partial charge >= 0.3 is 0 Å². The normalized spacial score (nSPS) is 20.4. The van der Waals surface area contributed by atoms with Crippen LogP contribution < -0.4 is 5.32 Å². The number of nitrogens with one attached hydrogen (secondary N) is 1. The Morgan fingerprint density at radius 3 is 2.67 bits per heavy atom. The van der Waals surface area contributed by atoms with Gasteiger partial charge in [0.05, 0.1) is 6.61 Å². The van der Waals surface area contributed by atoms with Crippen molar-refractivity contribution in [3.63, 3.8) is 0 Å². The molecule has 1 heterocycles. The maximum absolute atomic E-state index is 12.5. The number of hydrogen-bond donors (Lipinski definition) is 1. The maximum atomic E-state index is 12.5. The second-order valence-electron chi connectivity index (χ2n) is 7.01. The van der Waals surface area contributed by atoms with Crippen LogP contribution in [0.25, 0.3) is 0 Å². The molecule has 0 bridgehead atoms. The van der Waals surface area contributed by atoms with Crippen LogP contribution in [0.5, 0.6) is 0 Å². The minimum absolute atomic E-state index is 0.00193. The summed E-state index contributed by atoms with van der Waals surface area (Å²) < 4.78 is 5.54. The minimum atomic E-state index is -0.762. The van der Waals surface area contributed by atoms with E-state index >= 15 is 0 Å². The largest absolute Gasteiger partial charge is 0.367 e. The van der Waals surface area contributed by atoms with Gasteiger partial charge in [0.25, 0.3) is 0 Å². The van der Waals surface area contributed by atoms with Gasteiger partial charge < -0.3 is 15.0 Å². The lowest BCUT2D eigenvalue weighted by Gasteiger charge is -2.34. The molecule has 5 heteroatoms. The van der Waals surface area contributed by atoms with Gasteiger partial charge in [-0.25, -0.2) is 0 Å². The third-order valence-electron chi connectivity index (χ3n) is 4.44. The molecule has 1 fully saturated rings. The average Bonchev–Trinajstić information content (AvgIpc) is 2.96. The molecule has 132 valence electrons. The van der Waals surface area contributed by atoms with E-state index in [1.165, 1.54) is 0 Å². The molecule has 2 amide bonds. The molecule has 0 aliphatic carbocycles. The summed E-state index contributed by atoms with van der Waals surface area (Å²) in [6.45, 7) is 7.60. The first kappa shape index (κ1) is 18.5. The van der Waals surface area contributed by atoms with Crippen LogP contribution in [-0.4, -0.2) is 41.9 Å². The molecule has 1 atom stereocenters. The van der Waals surface area contributed by atoms with Crippen LogP contribution in [-0.2, 0) is 20.9 Å². The molecule has 1 N–H and O–H groups in total. The lowest BCUT2D eigenvalue weighted by molar-refractivity contribution is -0.147. The zero-order chi connectivity index (χ0) is 17.6. The topological polar surface area (TPSA) is 58.6 Å². The minimum Gasteiger partial charge on any atom is -0.367 e. The van der Waals surface area contributed by atoms with E-state index in [9.17, 15) is 9.59 Å². The lowest BCUT2D eigenvalue weighted by Crippen LogP contribution is -2.56. The standard InChI is InChI=1S/C19H28N2O3/c1-15(2)12-20-18(23)19(3)10-7-11-21(19)17(22)14-24-13-16-8-5-4-6-9-16/h4-6,8-9,15H,7,10-14H2,1-3H3,(H,20,23). The molecular weight excluding hydrogens is 304 g/mol. The highest BCUT2D eigenvalue weighted by molar-refractivity contribution is 5.92. The van der Waals surface area contributed by atoms with Crippen molar-refractivity contribution in [3.8, 4) is 0 Å². The summed E-state index contributed by atoms with van der Waals surface area (Å²) in [5.74, 6) is 0.202. The average molecular weight is 332 g/mol. The van der Waals surface area contributed by atoms with Gasteiger partial charge in [0.1, 0.15) is 12.1 Å². The van der Waals surface area contributed by atoms with E-state index in [1.54, 1.807) is 4.90 Å². The number of rotatable bonds is 7. The monoisotopic (exact) mass is 332 g/mol. The summed E-state index contributed by atoms with van der Waals surface area (Å²) in [4.78, 5) is 26.7. The Balaban J connectivity index is 1.88. The molecule has 0 aromatic heterocycles. The summed E-state index contributed by atoms with van der Waals surface area (Å²) in [6, 6.07) is 9.75. The molecule has 0 spiro atoms. The molecule has 5 nitrogen and oxygen atoms in total. The van der Waals surface area contributed by atoms with E-state index in [0.717, 1.165) is 12.0 Å². The third kappa shape index (κ3) is 4.57. The molecule has 1 aromatic carbocycles. The third-order valence-corrected chi connectivity index (χ3v) is 4.44. The molecule has 24 heavy (non-hydrogen) atoms. The van der Waals surface area contributed by atoms with Crippen LogP contribution in [0, 0.1) is 5.92 Å². The molecule has 1 unspecified atom stereocenters. The zero-order valence-electron chi connectivity index (χ0n) is 14.9. The fourth-order valence-electron chi connectivity index (χ4n) is 2.99. The molecule has 1 saturated heterocycles. The number of benzene rings is 1. The first-order valence-electron chi connectivity index (χ1n) is 8.64. The van der Waals surface area contributed by atoms with Gasteiger partial charge in [-0.15, -0.1) is 0 Å². The number of nitrogens with zero attached hydrogens (tertiary/aromatic N) is 1. The first-order valence-corrected chi connectivity index (χ1v) is 8.64. The fraction of sp³-hybridized carbons (Fsp3) is 0.579. The van der Waals surface area contributed by atoms with Gasteiger partial charge in [-0.05, 0) is 31.2 Å². The number of hydrogen-bond acceptors (Lipinski definition) is 3. The van der Waals surface area contributed by atoms with Gasteiger partial charge in [-0.3, -0.25) is 9.59 Å². The highest BCUT2D eigenvalue weighted by atomic mass is 16.5. The molecule has 0 saturated carbocycles. The highest BCUT2D eigenvalue weighted by Gasteiger charge is 2.45. The molecular formula is C19H28N2O3. The van der Waals surface area contributed by atoms with Crippen LogP contribution in [0.2, 0.25) is 0 Å². The van der Waals surface area contributed by atoms with Gasteiger partial charge in [0.15, 0.2) is 0 Å². The van der Waals surface area contributed by atoms with Crippen molar-refractivity contribution in [2.45, 2.75) is 45.8 Å². The van der Waals surface area contributed by atoms with Gasteiger partial charge in [0.2, 0.25) is 11.8 Å². The van der Waals surface area contributed by atoms with Crippen LogP contribution in [0.15, 0.2) is 30.3 Å². The van der Waals surface area contributed by atoms with Crippen molar-refractivity contribution >= 4 is 11.8 Å². The second-order valence-corrected chi connectivity index (χ2v) is 7.01. The summed E-state index contributed by atoms with van der Waals surface area (Å²) in [7, 11) is 0. The Morgan fingerprint density at radius 2 is 2.00 bits per heavy atom. The Kier molecular flexibility index (Phi) is 6.37. The number of likely N-dealkylation sites (tertiary alicyclic amines) is 1. The Labute approximate surface area is 144 Å². The Hall–Kier alpha value is -1.88. The van der Waals surface area contributed by atoms with Crippen molar-refractivity contribution < 1.29 is 14.3 Å². The molecule has 1 aliphatic rings. The number of amides is 2. The SMILES string of the molecule is CC(C)CNC(=O)C1(C)CCCN1C(=O)COCc1ccccc1. The Morgan fingerprint density at radius 1 is 1.29 bits per heavy atom. The summed E-state index contributed by atoms with van der Waals surface area (Å²) in [6.07, 6.45) is 1.54. The van der Waals surface area contributed by atoms with Crippen molar-refractivity contribution in [1.82, 2.24) is 10.2 Å². The van der Waals surface area contributed by atoms with Crippen LogP contribution in [0.4, 0.5) is 0 Å². The first-order chi connectivity index (χ1) is 11.4. The van der Waals surface area contributed by atoms with Gasteiger partial charge in [0, 0.05) is 13.1 Å². The fourth-order valence-corrected chi connectivity index (χ4v) is 2.99. The van der Waals surface area contributed by atoms with Crippen molar-refractivity contribution in [3.05, 3.63) is 35.9 Å². The predicted molar refractivity (Wildman–Crippen MR) is 93.3 cm³/mol. The van der Waals surface area contributed by atoms with E-state index in [4.69, 9.17) is 4.74 Å². The van der Waals surface area contributed by atoms with Crippen LogP contribution in [0.3, 0.4) is 0 Å². The number of carbonyl (C=O) groups is 2. The van der Waals surface area contributed by atoms with Crippen molar-refractivity contribution in [2.24, 2.45) is 5.92 Å². The predicted octanol–water partition coefficient (Wildman–Crippen LogP) is 2.36. The van der Waals surface area contributed by atoms with E-state index in [2.05, 4.69) is 19.2 Å². The quantitative estimate of drug-likeness (QED) is 0.834. The van der Waals surface area contributed by atoms with E-state index in [1.807, 2.05) is 37.3 Å². The maximum Gasteiger partial charge on any atom is 0.249 e. The zero-order valence-corrected chi connectivity index (χ0v) is 14.9. The van der Waals surface area contributed by atoms with Crippen LogP contribution >= 0.6 is 0 Å². The summed E-state index contributed by atoms with van der Waals surface area (Å²) >= 11 is 0. The van der Waals surface area contributed by atoms with Gasteiger partial charge in [-0.1, -0.05) is 44.2 Å². The van der Waals surface area contributed by atoms with Gasteiger partial charge in [-0.2, -0.15) is 0 Å². The number of ether oxygens (including phenoxy) is 1. The second kappa shape index (κ2) is 8.29. The number of carbonyl (C=O) groups excluding carboxylic acids is 2. The summed E-state index contributed by atoms with van der Waals surface area (Å²) in [5, 5.41) is 2.96. The van der Waals surface area contributed by atoms with Crippen LogP contribution in [0.1, 0.15) is 39.2 Å². The molecule has 0 radical (unpaired) electrons. The van der Waals surface area contributed by atoms with E-state index in [0.29, 0.717) is 32.0 Å². The Bertz CT molecular complexity index is 559. The lowest BCUT2D eigenvalue weighted by atomic mass is 9.97. The van der Waals surface area contributed by atoms with E-state index < -0.39 is 5.54 Å². The molecule has 1 aromatic rings. The molecule has 1 aliphatic heterocycles. The van der Waals surface area contributed by atoms with E-state index in [-0.39, 0.29) is 18.4 Å². The van der Waals surface area contributed by atoms with Crippen molar-refractivity contribution in [1.29, 1.82) is 0 Å². The molecule has 2 rings (SSSR count). The smallest absolute Gasteiger partial charge is 0.249 e. The summed E-state index contributed by atoms with van der Waals surface area (Å²) in [5.41, 5.74) is 0.270.